The van der Waals surface area contributed by atoms with Crippen LogP contribution in [-0.4, -0.2) is 64.6 Å². The van der Waals surface area contributed by atoms with Crippen molar-refractivity contribution in [1.29, 1.82) is 0 Å². The number of rotatable bonds is 7. The molecule has 12 heteroatoms. The maximum atomic E-state index is 13.1. The number of carbonyl (C=O) groups is 1. The number of methoxy groups -OCH3 is 2. The van der Waals surface area contributed by atoms with E-state index in [1.54, 1.807) is 60.5 Å². The monoisotopic (exact) mass is 572 g/mol. The molecule has 5 rings (SSSR count). The number of nitrogens with zero attached hydrogens (tertiary/aromatic N) is 3. The number of hydrogen-bond acceptors (Lipinski definition) is 8. The lowest BCUT2D eigenvalue weighted by molar-refractivity contribution is 0.0747. The van der Waals surface area contributed by atoms with Crippen LogP contribution in [-0.2, 0) is 10.0 Å². The number of aromatic nitrogens is 1. The summed E-state index contributed by atoms with van der Waals surface area (Å²) >= 11 is 7.87. The van der Waals surface area contributed by atoms with Gasteiger partial charge in [0.25, 0.3) is 15.9 Å². The summed E-state index contributed by atoms with van der Waals surface area (Å²) in [6.07, 6.45) is 0. The van der Waals surface area contributed by atoms with Crippen molar-refractivity contribution >= 4 is 59.9 Å². The number of anilines is 2. The molecule has 0 atom stereocenters. The highest BCUT2D eigenvalue weighted by atomic mass is 35.5. The highest BCUT2D eigenvalue weighted by Gasteiger charge is 2.25. The molecule has 38 heavy (non-hydrogen) atoms. The van der Waals surface area contributed by atoms with E-state index in [4.69, 9.17) is 26.1 Å². The van der Waals surface area contributed by atoms with Gasteiger partial charge in [-0.1, -0.05) is 22.9 Å². The number of hydrogen-bond donors (Lipinski definition) is 1. The molecule has 0 unspecified atom stereocenters. The van der Waals surface area contributed by atoms with Crippen LogP contribution in [0.4, 0.5) is 10.8 Å². The molecule has 1 aliphatic rings. The van der Waals surface area contributed by atoms with E-state index in [9.17, 15) is 13.2 Å². The van der Waals surface area contributed by atoms with Gasteiger partial charge < -0.3 is 19.3 Å². The number of sulfonamides is 1. The summed E-state index contributed by atoms with van der Waals surface area (Å²) in [6.45, 7) is 2.33. The Morgan fingerprint density at radius 1 is 0.947 bits per heavy atom. The third kappa shape index (κ3) is 5.22. The lowest BCUT2D eigenvalue weighted by Gasteiger charge is -2.34. The fraction of sp³-hybridized carbons (Fsp3) is 0.231. The standard InChI is InChI=1S/C26H25ClN4O5S2/c1-35-19-7-9-20(10-8-19)38(33,34)29-18-5-3-17(4-6-18)25(32)30-13-15-31(16-14-30)26-28-23-22(36-2)12-11-21(27)24(23)37-26/h3-12,29H,13-16H2,1-2H3. The first-order chi connectivity index (χ1) is 18.3. The van der Waals surface area contributed by atoms with Crippen LogP contribution in [0, 0.1) is 0 Å². The van der Waals surface area contributed by atoms with E-state index in [0.29, 0.717) is 54.0 Å². The van der Waals surface area contributed by atoms with Gasteiger partial charge in [-0.25, -0.2) is 13.4 Å². The largest absolute Gasteiger partial charge is 0.497 e. The first-order valence-electron chi connectivity index (χ1n) is 11.7. The number of amides is 1. The summed E-state index contributed by atoms with van der Waals surface area (Å²) in [6, 6.07) is 16.1. The summed E-state index contributed by atoms with van der Waals surface area (Å²) in [4.78, 5) is 21.9. The van der Waals surface area contributed by atoms with Crippen molar-refractivity contribution in [3.05, 3.63) is 71.2 Å². The minimum absolute atomic E-state index is 0.108. The van der Waals surface area contributed by atoms with E-state index in [-0.39, 0.29) is 10.8 Å². The molecule has 1 aliphatic heterocycles. The number of ether oxygens (including phenoxy) is 2. The third-order valence-electron chi connectivity index (χ3n) is 6.26. The van der Waals surface area contributed by atoms with Gasteiger partial charge in [0.2, 0.25) is 0 Å². The van der Waals surface area contributed by atoms with E-state index < -0.39 is 10.0 Å². The molecule has 0 spiro atoms. The first kappa shape index (κ1) is 26.1. The quantitative estimate of drug-likeness (QED) is 0.342. The van der Waals surface area contributed by atoms with Crippen LogP contribution in [0.25, 0.3) is 10.2 Å². The fourth-order valence-electron chi connectivity index (χ4n) is 4.17. The summed E-state index contributed by atoms with van der Waals surface area (Å²) in [5, 5.41) is 1.47. The molecular weight excluding hydrogens is 548 g/mol. The van der Waals surface area contributed by atoms with Crippen molar-refractivity contribution in [2.24, 2.45) is 0 Å². The molecule has 1 saturated heterocycles. The molecule has 198 valence electrons. The second-order valence-electron chi connectivity index (χ2n) is 8.56. The van der Waals surface area contributed by atoms with E-state index in [0.717, 1.165) is 15.3 Å². The average Bonchev–Trinajstić information content (AvgIpc) is 3.40. The highest BCUT2D eigenvalue weighted by molar-refractivity contribution is 7.92. The Balaban J connectivity index is 1.22. The molecule has 9 nitrogen and oxygen atoms in total. The summed E-state index contributed by atoms with van der Waals surface area (Å²) in [5.41, 5.74) is 1.59. The summed E-state index contributed by atoms with van der Waals surface area (Å²) < 4.78 is 39.3. The Kier molecular flexibility index (Phi) is 7.33. The van der Waals surface area contributed by atoms with Gasteiger partial charge in [-0.15, -0.1) is 0 Å². The Labute approximate surface area is 229 Å². The molecule has 0 radical (unpaired) electrons. The molecule has 1 aromatic heterocycles. The van der Waals surface area contributed by atoms with Gasteiger partial charge in [0, 0.05) is 37.4 Å². The van der Waals surface area contributed by atoms with Crippen LogP contribution < -0.4 is 19.1 Å². The minimum atomic E-state index is -3.77. The normalized spacial score (nSPS) is 14.0. The Hall–Kier alpha value is -3.54. The molecule has 2 heterocycles. The molecule has 1 amide bonds. The van der Waals surface area contributed by atoms with Gasteiger partial charge in [0.05, 0.1) is 28.8 Å². The van der Waals surface area contributed by atoms with Gasteiger partial charge >= 0.3 is 0 Å². The van der Waals surface area contributed by atoms with Gasteiger partial charge in [0.1, 0.15) is 17.0 Å². The lowest BCUT2D eigenvalue weighted by Crippen LogP contribution is -2.48. The zero-order chi connectivity index (χ0) is 26.9. The second kappa shape index (κ2) is 10.7. The fourth-order valence-corrected chi connectivity index (χ4v) is 6.54. The topological polar surface area (TPSA) is 101 Å². The second-order valence-corrected chi connectivity index (χ2v) is 11.6. The van der Waals surface area contributed by atoms with Crippen LogP contribution in [0.5, 0.6) is 11.5 Å². The maximum Gasteiger partial charge on any atom is 0.261 e. The minimum Gasteiger partial charge on any atom is -0.497 e. The SMILES string of the molecule is COc1ccc(S(=O)(=O)Nc2ccc(C(=O)N3CCN(c4nc5c(OC)ccc(Cl)c5s4)CC3)cc2)cc1. The van der Waals surface area contributed by atoms with Crippen molar-refractivity contribution in [3.8, 4) is 11.5 Å². The molecule has 1 fully saturated rings. The Morgan fingerprint density at radius 2 is 1.63 bits per heavy atom. The zero-order valence-corrected chi connectivity index (χ0v) is 23.1. The molecule has 3 aromatic carbocycles. The Bertz CT molecular complexity index is 1570. The first-order valence-corrected chi connectivity index (χ1v) is 14.4. The zero-order valence-electron chi connectivity index (χ0n) is 20.7. The molecule has 0 aliphatic carbocycles. The van der Waals surface area contributed by atoms with E-state index in [1.165, 1.54) is 30.6 Å². The van der Waals surface area contributed by atoms with Crippen LogP contribution >= 0.6 is 22.9 Å². The number of halogens is 1. The molecule has 4 aromatic rings. The highest BCUT2D eigenvalue weighted by Crippen LogP contribution is 2.39. The van der Waals surface area contributed by atoms with Crippen molar-refractivity contribution in [2.75, 3.05) is 50.0 Å². The maximum absolute atomic E-state index is 13.1. The number of thiazole rings is 1. The van der Waals surface area contributed by atoms with Crippen LogP contribution in [0.15, 0.2) is 65.6 Å². The van der Waals surface area contributed by atoms with Crippen molar-refractivity contribution in [3.63, 3.8) is 0 Å². The van der Waals surface area contributed by atoms with Gasteiger partial charge in [-0.05, 0) is 60.7 Å². The van der Waals surface area contributed by atoms with E-state index in [2.05, 4.69) is 9.62 Å². The van der Waals surface area contributed by atoms with Gasteiger partial charge in [-0.3, -0.25) is 9.52 Å². The number of carbonyl (C=O) groups excluding carboxylic acids is 1. The van der Waals surface area contributed by atoms with Crippen molar-refractivity contribution in [2.45, 2.75) is 4.90 Å². The van der Waals surface area contributed by atoms with Crippen LogP contribution in [0.3, 0.4) is 0 Å². The average molecular weight is 573 g/mol. The molecule has 0 saturated carbocycles. The van der Waals surface area contributed by atoms with Crippen molar-refractivity contribution in [1.82, 2.24) is 9.88 Å². The smallest absolute Gasteiger partial charge is 0.261 e. The van der Waals surface area contributed by atoms with E-state index in [1.807, 2.05) is 0 Å². The number of fused-ring (bicyclic) bond motifs is 1. The summed E-state index contributed by atoms with van der Waals surface area (Å²) in [7, 11) is -0.648. The number of piperazine rings is 1. The van der Waals surface area contributed by atoms with Gasteiger partial charge in [0.15, 0.2) is 5.13 Å². The van der Waals surface area contributed by atoms with Crippen LogP contribution in [0.1, 0.15) is 10.4 Å². The predicted octanol–water partition coefficient (Wildman–Crippen LogP) is 4.73. The summed E-state index contributed by atoms with van der Waals surface area (Å²) in [5.74, 6) is 1.14. The number of nitrogens with one attached hydrogen (secondary N) is 1. The van der Waals surface area contributed by atoms with Gasteiger partial charge in [-0.2, -0.15) is 0 Å². The van der Waals surface area contributed by atoms with Crippen molar-refractivity contribution < 1.29 is 22.7 Å². The van der Waals surface area contributed by atoms with E-state index >= 15 is 0 Å². The predicted molar refractivity (Wildman–Crippen MR) is 150 cm³/mol. The molecule has 0 bridgehead atoms. The Morgan fingerprint density at radius 3 is 2.26 bits per heavy atom. The molecule has 1 N–H and O–H groups in total. The van der Waals surface area contributed by atoms with Crippen LogP contribution in [0.2, 0.25) is 5.02 Å². The lowest BCUT2D eigenvalue weighted by atomic mass is 10.1. The molecular formula is C26H25ClN4O5S2. The third-order valence-corrected chi connectivity index (χ3v) is 9.23. The number of benzene rings is 3.